The number of nitrogen functional groups attached to an aromatic ring is 1. The second-order valence-corrected chi connectivity index (χ2v) is 4.08. The molecular formula is C12H11ClN4O. The van der Waals surface area contributed by atoms with Crippen molar-refractivity contribution in [1.82, 2.24) is 9.97 Å². The molecule has 6 heteroatoms. The van der Waals surface area contributed by atoms with E-state index in [-0.39, 0.29) is 16.8 Å². The Balaban J connectivity index is 2.24. The number of rotatable bonds is 2. The lowest BCUT2D eigenvalue weighted by molar-refractivity contribution is 0.102. The molecule has 0 atom stereocenters. The van der Waals surface area contributed by atoms with E-state index in [9.17, 15) is 4.79 Å². The van der Waals surface area contributed by atoms with Crippen molar-refractivity contribution in [3.05, 3.63) is 47.0 Å². The Labute approximate surface area is 109 Å². The fourth-order valence-electron chi connectivity index (χ4n) is 1.39. The first kappa shape index (κ1) is 12.3. The quantitative estimate of drug-likeness (QED) is 0.814. The van der Waals surface area contributed by atoms with Crippen LogP contribution >= 0.6 is 11.6 Å². The van der Waals surface area contributed by atoms with Gasteiger partial charge < -0.3 is 11.1 Å². The van der Waals surface area contributed by atoms with Gasteiger partial charge in [-0.15, -0.1) is 0 Å². The molecule has 0 fully saturated rings. The van der Waals surface area contributed by atoms with Crippen LogP contribution in [0.15, 0.2) is 30.6 Å². The Hall–Kier alpha value is -2.14. The van der Waals surface area contributed by atoms with E-state index in [1.807, 2.05) is 6.92 Å². The molecule has 0 aliphatic heterocycles. The highest BCUT2D eigenvalue weighted by Crippen LogP contribution is 2.23. The van der Waals surface area contributed by atoms with Crippen molar-refractivity contribution in [3.63, 3.8) is 0 Å². The minimum atomic E-state index is -0.354. The number of carbonyl (C=O) groups excluding carboxylic acids is 1. The molecule has 1 amide bonds. The number of pyridine rings is 2. The van der Waals surface area contributed by atoms with E-state index >= 15 is 0 Å². The minimum Gasteiger partial charge on any atom is -0.397 e. The number of anilines is 2. The molecule has 0 radical (unpaired) electrons. The highest BCUT2D eigenvalue weighted by Gasteiger charge is 2.11. The molecule has 92 valence electrons. The van der Waals surface area contributed by atoms with Crippen molar-refractivity contribution in [2.45, 2.75) is 6.92 Å². The van der Waals surface area contributed by atoms with Crippen LogP contribution in [-0.2, 0) is 0 Å². The number of nitrogens with two attached hydrogens (primary N) is 1. The summed E-state index contributed by atoms with van der Waals surface area (Å²) in [5, 5.41) is 2.93. The molecule has 0 aliphatic rings. The molecule has 5 nitrogen and oxygen atoms in total. The van der Waals surface area contributed by atoms with E-state index in [1.165, 1.54) is 6.20 Å². The zero-order chi connectivity index (χ0) is 13.1. The Morgan fingerprint density at radius 2 is 2.11 bits per heavy atom. The lowest BCUT2D eigenvalue weighted by atomic mass is 10.2. The molecular weight excluding hydrogens is 252 g/mol. The standard InChI is InChI=1S/C12H11ClN4O/c1-7-4-5-15-11(13)10(7)17-12(18)9-3-2-8(14)6-16-9/h2-6H,14H2,1H3,(H,17,18). The Morgan fingerprint density at radius 3 is 2.72 bits per heavy atom. The van der Waals surface area contributed by atoms with Crippen LogP contribution in [-0.4, -0.2) is 15.9 Å². The van der Waals surface area contributed by atoms with Crippen molar-refractivity contribution in [2.75, 3.05) is 11.1 Å². The zero-order valence-corrected chi connectivity index (χ0v) is 10.4. The lowest BCUT2D eigenvalue weighted by Gasteiger charge is -2.08. The van der Waals surface area contributed by atoms with Gasteiger partial charge in [0.25, 0.3) is 5.91 Å². The number of hydrogen-bond donors (Lipinski definition) is 2. The highest BCUT2D eigenvalue weighted by atomic mass is 35.5. The summed E-state index contributed by atoms with van der Waals surface area (Å²) < 4.78 is 0. The van der Waals surface area contributed by atoms with Crippen LogP contribution in [0.25, 0.3) is 0 Å². The van der Waals surface area contributed by atoms with Crippen LogP contribution in [0.4, 0.5) is 11.4 Å². The fraction of sp³-hybridized carbons (Fsp3) is 0.0833. The number of aryl methyl sites for hydroxylation is 1. The smallest absolute Gasteiger partial charge is 0.274 e. The van der Waals surface area contributed by atoms with Crippen LogP contribution in [0.5, 0.6) is 0 Å². The maximum Gasteiger partial charge on any atom is 0.274 e. The topological polar surface area (TPSA) is 80.9 Å². The predicted molar refractivity (Wildman–Crippen MR) is 70.6 cm³/mol. The molecule has 18 heavy (non-hydrogen) atoms. The monoisotopic (exact) mass is 262 g/mol. The molecule has 2 heterocycles. The highest BCUT2D eigenvalue weighted by molar-refractivity contribution is 6.32. The first-order chi connectivity index (χ1) is 8.58. The molecule has 2 rings (SSSR count). The maximum atomic E-state index is 11.9. The molecule has 2 aromatic rings. The van der Waals surface area contributed by atoms with Crippen molar-refractivity contribution in [1.29, 1.82) is 0 Å². The van der Waals surface area contributed by atoms with Gasteiger partial charge in [0.2, 0.25) is 0 Å². The normalized spacial score (nSPS) is 10.1. The van der Waals surface area contributed by atoms with Crippen LogP contribution < -0.4 is 11.1 Å². The number of aromatic nitrogens is 2. The molecule has 0 aromatic carbocycles. The fourth-order valence-corrected chi connectivity index (χ4v) is 1.65. The van der Waals surface area contributed by atoms with Gasteiger partial charge in [0, 0.05) is 6.20 Å². The van der Waals surface area contributed by atoms with Crippen molar-refractivity contribution < 1.29 is 4.79 Å². The Kier molecular flexibility index (Phi) is 3.43. The summed E-state index contributed by atoms with van der Waals surface area (Å²) in [6.45, 7) is 1.83. The van der Waals surface area contributed by atoms with Gasteiger partial charge in [-0.05, 0) is 30.7 Å². The van der Waals surface area contributed by atoms with Crippen LogP contribution in [0.2, 0.25) is 5.15 Å². The Bertz CT molecular complexity index is 563. The lowest BCUT2D eigenvalue weighted by Crippen LogP contribution is -2.15. The summed E-state index contributed by atoms with van der Waals surface area (Å²) in [5.74, 6) is -0.354. The van der Waals surface area contributed by atoms with E-state index in [0.29, 0.717) is 11.4 Å². The van der Waals surface area contributed by atoms with Gasteiger partial charge in [0.15, 0.2) is 5.15 Å². The summed E-state index contributed by atoms with van der Waals surface area (Å²) in [5.41, 5.74) is 7.59. The molecule has 0 bridgehead atoms. The van der Waals surface area contributed by atoms with Gasteiger partial charge in [-0.3, -0.25) is 4.79 Å². The molecule has 0 unspecified atom stereocenters. The molecule has 0 saturated carbocycles. The third-order valence-electron chi connectivity index (χ3n) is 2.37. The second-order valence-electron chi connectivity index (χ2n) is 3.72. The SMILES string of the molecule is Cc1ccnc(Cl)c1NC(=O)c1ccc(N)cn1. The summed E-state index contributed by atoms with van der Waals surface area (Å²) in [6.07, 6.45) is 3.00. The maximum absolute atomic E-state index is 11.9. The minimum absolute atomic E-state index is 0.249. The number of nitrogens with zero attached hydrogens (tertiary/aromatic N) is 2. The molecule has 2 aromatic heterocycles. The van der Waals surface area contributed by atoms with Gasteiger partial charge >= 0.3 is 0 Å². The molecule has 0 aliphatic carbocycles. The van der Waals surface area contributed by atoms with Gasteiger partial charge in [-0.2, -0.15) is 0 Å². The van der Waals surface area contributed by atoms with E-state index < -0.39 is 0 Å². The third-order valence-corrected chi connectivity index (χ3v) is 2.66. The summed E-state index contributed by atoms with van der Waals surface area (Å²) in [7, 11) is 0. The molecule has 3 N–H and O–H groups in total. The first-order valence-electron chi connectivity index (χ1n) is 5.22. The summed E-state index contributed by atoms with van der Waals surface area (Å²) in [4.78, 5) is 19.8. The van der Waals surface area contributed by atoms with Crippen LogP contribution in [0.1, 0.15) is 16.1 Å². The van der Waals surface area contributed by atoms with Crippen molar-refractivity contribution in [2.24, 2.45) is 0 Å². The van der Waals surface area contributed by atoms with Gasteiger partial charge in [0.05, 0.1) is 17.6 Å². The van der Waals surface area contributed by atoms with E-state index in [4.69, 9.17) is 17.3 Å². The van der Waals surface area contributed by atoms with Crippen molar-refractivity contribution >= 4 is 28.9 Å². The predicted octanol–water partition coefficient (Wildman–Crippen LogP) is 2.27. The summed E-state index contributed by atoms with van der Waals surface area (Å²) >= 11 is 5.92. The molecule has 0 saturated heterocycles. The van der Waals surface area contributed by atoms with Gasteiger partial charge in [0.1, 0.15) is 5.69 Å². The number of hydrogen-bond acceptors (Lipinski definition) is 4. The van der Waals surface area contributed by atoms with E-state index in [0.717, 1.165) is 5.56 Å². The average molecular weight is 263 g/mol. The van der Waals surface area contributed by atoms with Gasteiger partial charge in [-0.25, -0.2) is 9.97 Å². The van der Waals surface area contributed by atoms with Crippen LogP contribution in [0.3, 0.4) is 0 Å². The van der Waals surface area contributed by atoms with Crippen molar-refractivity contribution in [3.8, 4) is 0 Å². The zero-order valence-electron chi connectivity index (χ0n) is 9.64. The van der Waals surface area contributed by atoms with Gasteiger partial charge in [-0.1, -0.05) is 11.6 Å². The average Bonchev–Trinajstić information content (AvgIpc) is 2.34. The number of carbonyl (C=O) groups is 1. The first-order valence-corrected chi connectivity index (χ1v) is 5.59. The Morgan fingerprint density at radius 1 is 1.33 bits per heavy atom. The van der Waals surface area contributed by atoms with Crippen LogP contribution in [0, 0.1) is 6.92 Å². The second kappa shape index (κ2) is 5.01. The number of halogens is 1. The molecule has 0 spiro atoms. The number of amides is 1. The summed E-state index contributed by atoms with van der Waals surface area (Å²) in [6, 6.07) is 4.92. The van der Waals surface area contributed by atoms with E-state index in [2.05, 4.69) is 15.3 Å². The largest absolute Gasteiger partial charge is 0.397 e. The third kappa shape index (κ3) is 2.57. The van der Waals surface area contributed by atoms with E-state index in [1.54, 1.807) is 24.4 Å². The number of nitrogens with one attached hydrogen (secondary N) is 1.